The first kappa shape index (κ1) is 21.6. The van der Waals surface area contributed by atoms with Crippen LogP contribution in [-0.4, -0.2) is 36.1 Å². The van der Waals surface area contributed by atoms with Crippen molar-refractivity contribution in [3.05, 3.63) is 70.2 Å². The quantitative estimate of drug-likeness (QED) is 0.492. The third-order valence-electron chi connectivity index (χ3n) is 4.56. The van der Waals surface area contributed by atoms with E-state index < -0.39 is 0 Å². The summed E-state index contributed by atoms with van der Waals surface area (Å²) in [5, 5.41) is 2.78. The summed E-state index contributed by atoms with van der Waals surface area (Å²) in [5.74, 6) is 1.74. The lowest BCUT2D eigenvalue weighted by Gasteiger charge is -2.26. The maximum Gasteiger partial charge on any atom is 0.254 e. The molecule has 0 atom stereocenters. The minimum atomic E-state index is -0.00448. The molecule has 0 bridgehead atoms. The topological polar surface area (TPSA) is 60.9 Å². The lowest BCUT2D eigenvalue weighted by Crippen LogP contribution is -2.36. The Bertz CT molecular complexity index is 950. The fraction of sp³-hybridized carbons (Fsp3) is 0.304. The van der Waals surface area contributed by atoms with Gasteiger partial charge in [0.2, 0.25) is 5.75 Å². The largest absolute Gasteiger partial charge is 0.493 e. The first-order chi connectivity index (χ1) is 14.5. The molecule has 0 saturated carbocycles. The zero-order valence-electron chi connectivity index (χ0n) is 17.6. The number of ether oxygens (including phenoxy) is 3. The number of rotatable bonds is 9. The van der Waals surface area contributed by atoms with Crippen molar-refractivity contribution in [2.45, 2.75) is 33.0 Å². The average Bonchev–Trinajstić information content (AvgIpc) is 3.23. The van der Waals surface area contributed by atoms with Gasteiger partial charge in [0.15, 0.2) is 11.5 Å². The van der Waals surface area contributed by atoms with Crippen LogP contribution in [0.15, 0.2) is 53.9 Å². The van der Waals surface area contributed by atoms with Crippen LogP contribution < -0.4 is 14.2 Å². The summed E-state index contributed by atoms with van der Waals surface area (Å²) >= 11 is 1.50. The van der Waals surface area contributed by atoms with E-state index >= 15 is 0 Å². The highest BCUT2D eigenvalue weighted by molar-refractivity contribution is 7.09. The number of benzene rings is 2. The molecule has 1 heterocycles. The lowest BCUT2D eigenvalue weighted by atomic mass is 10.1. The monoisotopic (exact) mass is 426 g/mol. The second kappa shape index (κ2) is 10.1. The number of hydrogen-bond acceptors (Lipinski definition) is 6. The molecule has 0 aliphatic rings. The van der Waals surface area contributed by atoms with Crippen molar-refractivity contribution in [3.63, 3.8) is 0 Å². The first-order valence-corrected chi connectivity index (χ1v) is 10.5. The molecule has 0 unspecified atom stereocenters. The van der Waals surface area contributed by atoms with Gasteiger partial charge in [-0.25, -0.2) is 4.98 Å². The van der Waals surface area contributed by atoms with Gasteiger partial charge in [-0.05, 0) is 38.1 Å². The number of thiazole rings is 1. The smallest absolute Gasteiger partial charge is 0.254 e. The van der Waals surface area contributed by atoms with Crippen molar-refractivity contribution >= 4 is 17.2 Å². The number of methoxy groups -OCH3 is 2. The van der Waals surface area contributed by atoms with E-state index in [0.717, 1.165) is 10.7 Å². The van der Waals surface area contributed by atoms with Gasteiger partial charge in [-0.2, -0.15) is 0 Å². The standard InChI is InChI=1S/C23H26N2O4S/c1-16(2)25(23(26)17-9-6-5-7-10-17)13-18-15-30-21(24-18)14-29-22-19(27-3)11-8-12-20(22)28-4/h5-12,15-16H,13-14H2,1-4H3. The van der Waals surface area contributed by atoms with E-state index in [0.29, 0.717) is 29.4 Å². The van der Waals surface area contributed by atoms with Crippen molar-refractivity contribution in [1.82, 2.24) is 9.88 Å². The summed E-state index contributed by atoms with van der Waals surface area (Å²) in [6, 6.07) is 14.8. The molecule has 0 N–H and O–H groups in total. The molecular formula is C23H26N2O4S. The van der Waals surface area contributed by atoms with Crippen LogP contribution in [0.25, 0.3) is 0 Å². The Morgan fingerprint density at radius 3 is 2.30 bits per heavy atom. The summed E-state index contributed by atoms with van der Waals surface area (Å²) < 4.78 is 16.7. The van der Waals surface area contributed by atoms with Crippen LogP contribution >= 0.6 is 11.3 Å². The molecule has 3 rings (SSSR count). The molecule has 3 aromatic rings. The Morgan fingerprint density at radius 2 is 1.70 bits per heavy atom. The van der Waals surface area contributed by atoms with Gasteiger partial charge in [-0.15, -0.1) is 11.3 Å². The molecule has 30 heavy (non-hydrogen) atoms. The molecule has 0 aliphatic carbocycles. The Kier molecular flexibility index (Phi) is 7.30. The van der Waals surface area contributed by atoms with Gasteiger partial charge in [0.1, 0.15) is 11.6 Å². The second-order valence-corrected chi connectivity index (χ2v) is 7.85. The minimum absolute atomic E-state index is 0.00448. The highest BCUT2D eigenvalue weighted by atomic mass is 32.1. The predicted octanol–water partition coefficient (Wildman–Crippen LogP) is 4.79. The molecule has 6 nitrogen and oxygen atoms in total. The maximum absolute atomic E-state index is 12.9. The number of para-hydroxylation sites is 1. The van der Waals surface area contributed by atoms with Crippen LogP contribution in [0.3, 0.4) is 0 Å². The predicted molar refractivity (Wildman–Crippen MR) is 117 cm³/mol. The van der Waals surface area contributed by atoms with E-state index in [1.165, 1.54) is 11.3 Å². The Hall–Kier alpha value is -3.06. The van der Waals surface area contributed by atoms with Crippen LogP contribution in [0, 0.1) is 0 Å². The van der Waals surface area contributed by atoms with E-state index in [9.17, 15) is 4.79 Å². The highest BCUT2D eigenvalue weighted by Gasteiger charge is 2.20. The molecule has 0 fully saturated rings. The van der Waals surface area contributed by atoms with E-state index in [1.54, 1.807) is 14.2 Å². The van der Waals surface area contributed by atoms with Crippen LogP contribution in [0.4, 0.5) is 0 Å². The van der Waals surface area contributed by atoms with Gasteiger partial charge in [-0.1, -0.05) is 24.3 Å². The zero-order valence-corrected chi connectivity index (χ0v) is 18.4. The number of amides is 1. The molecule has 1 amide bonds. The Balaban J connectivity index is 1.69. The van der Waals surface area contributed by atoms with E-state index in [2.05, 4.69) is 4.98 Å². The van der Waals surface area contributed by atoms with Gasteiger partial charge in [0.25, 0.3) is 5.91 Å². The Morgan fingerprint density at radius 1 is 1.03 bits per heavy atom. The summed E-state index contributed by atoms with van der Waals surface area (Å²) in [5.41, 5.74) is 1.51. The number of nitrogens with zero attached hydrogens (tertiary/aromatic N) is 2. The second-order valence-electron chi connectivity index (χ2n) is 6.91. The van der Waals surface area contributed by atoms with Crippen molar-refractivity contribution in [2.75, 3.05) is 14.2 Å². The molecule has 0 spiro atoms. The molecule has 7 heteroatoms. The fourth-order valence-corrected chi connectivity index (χ4v) is 3.69. The third-order valence-corrected chi connectivity index (χ3v) is 5.43. The van der Waals surface area contributed by atoms with E-state index in [4.69, 9.17) is 14.2 Å². The van der Waals surface area contributed by atoms with Crippen LogP contribution in [0.1, 0.15) is 34.9 Å². The summed E-state index contributed by atoms with van der Waals surface area (Å²) in [6.07, 6.45) is 0. The number of carbonyl (C=O) groups excluding carboxylic acids is 1. The molecule has 0 saturated heterocycles. The number of hydrogen-bond donors (Lipinski definition) is 0. The Labute approximate surface area is 181 Å². The fourth-order valence-electron chi connectivity index (χ4n) is 2.99. The number of aromatic nitrogens is 1. The van der Waals surface area contributed by atoms with Crippen LogP contribution in [-0.2, 0) is 13.2 Å². The third kappa shape index (κ3) is 5.10. The highest BCUT2D eigenvalue weighted by Crippen LogP contribution is 2.37. The van der Waals surface area contributed by atoms with E-state index in [1.807, 2.05) is 72.7 Å². The van der Waals surface area contributed by atoms with Crippen molar-refractivity contribution in [3.8, 4) is 17.2 Å². The van der Waals surface area contributed by atoms with E-state index in [-0.39, 0.29) is 18.6 Å². The van der Waals surface area contributed by atoms with Crippen molar-refractivity contribution in [2.24, 2.45) is 0 Å². The summed E-state index contributed by atoms with van der Waals surface area (Å²) in [6.45, 7) is 4.74. The summed E-state index contributed by atoms with van der Waals surface area (Å²) in [4.78, 5) is 19.4. The number of carbonyl (C=O) groups is 1. The zero-order chi connectivity index (χ0) is 21.5. The summed E-state index contributed by atoms with van der Waals surface area (Å²) in [7, 11) is 3.18. The van der Waals surface area contributed by atoms with Gasteiger partial charge in [-0.3, -0.25) is 4.79 Å². The molecule has 158 valence electrons. The van der Waals surface area contributed by atoms with Gasteiger partial charge < -0.3 is 19.1 Å². The van der Waals surface area contributed by atoms with Gasteiger partial charge in [0.05, 0.1) is 26.5 Å². The van der Waals surface area contributed by atoms with Crippen LogP contribution in [0.5, 0.6) is 17.2 Å². The molecule has 2 aromatic carbocycles. The molecule has 0 radical (unpaired) electrons. The van der Waals surface area contributed by atoms with Gasteiger partial charge >= 0.3 is 0 Å². The van der Waals surface area contributed by atoms with Gasteiger partial charge in [0, 0.05) is 17.0 Å². The average molecular weight is 427 g/mol. The molecular weight excluding hydrogens is 400 g/mol. The lowest BCUT2D eigenvalue weighted by molar-refractivity contribution is 0.0688. The first-order valence-electron chi connectivity index (χ1n) is 9.66. The van der Waals surface area contributed by atoms with Crippen molar-refractivity contribution in [1.29, 1.82) is 0 Å². The van der Waals surface area contributed by atoms with Crippen molar-refractivity contribution < 1.29 is 19.0 Å². The SMILES string of the molecule is COc1cccc(OC)c1OCc1nc(CN(C(=O)c2ccccc2)C(C)C)cs1. The van der Waals surface area contributed by atoms with Crippen LogP contribution in [0.2, 0.25) is 0 Å². The maximum atomic E-state index is 12.9. The minimum Gasteiger partial charge on any atom is -0.493 e. The normalized spacial score (nSPS) is 10.7. The molecule has 0 aliphatic heterocycles. The molecule has 1 aromatic heterocycles.